The van der Waals surface area contributed by atoms with Crippen LogP contribution in [0, 0.1) is 6.92 Å². The van der Waals surface area contributed by atoms with Gasteiger partial charge in [-0.05, 0) is 108 Å². The normalized spacial score (nSPS) is 19.5. The van der Waals surface area contributed by atoms with Crippen molar-refractivity contribution in [3.63, 3.8) is 0 Å². The Bertz CT molecular complexity index is 1840. The molecule has 2 saturated heterocycles. The van der Waals surface area contributed by atoms with Crippen LogP contribution in [0.5, 0.6) is 0 Å². The van der Waals surface area contributed by atoms with E-state index >= 15 is 0 Å². The van der Waals surface area contributed by atoms with Crippen LogP contribution in [-0.4, -0.2) is 80.9 Å². The third kappa shape index (κ3) is 8.00. The van der Waals surface area contributed by atoms with Gasteiger partial charge in [0.25, 0.3) is 5.91 Å². The Hall–Kier alpha value is -4.61. The minimum Gasteiger partial charge on any atom is -0.444 e. The van der Waals surface area contributed by atoms with E-state index < -0.39 is 11.2 Å². The summed E-state index contributed by atoms with van der Waals surface area (Å²) < 4.78 is 11.4. The lowest BCUT2D eigenvalue weighted by molar-refractivity contribution is -0.0359. The van der Waals surface area contributed by atoms with Gasteiger partial charge in [-0.3, -0.25) is 9.78 Å². The summed E-state index contributed by atoms with van der Waals surface area (Å²) in [6.07, 6.45) is 2.34. The Morgan fingerprint density at radius 3 is 2.43 bits per heavy atom. The molecule has 0 radical (unpaired) electrons. The molecule has 0 bridgehead atoms. The number of likely N-dealkylation sites (tertiary alicyclic amines) is 1. The highest BCUT2D eigenvalue weighted by atomic mass is 16.6. The van der Waals surface area contributed by atoms with Gasteiger partial charge in [0, 0.05) is 43.3 Å². The summed E-state index contributed by atoms with van der Waals surface area (Å²) in [6.45, 7) is 14.1. The van der Waals surface area contributed by atoms with Crippen molar-refractivity contribution >= 4 is 28.7 Å². The van der Waals surface area contributed by atoms with Gasteiger partial charge in [-0.15, -0.1) is 0 Å². The number of piperidine rings is 1. The summed E-state index contributed by atoms with van der Waals surface area (Å²) in [7, 11) is 0. The fraction of sp³-hybridized carbons (Fsp3) is 0.447. The number of hydrogen-bond acceptors (Lipinski definition) is 9. The minimum atomic E-state index is -1.16. The average molecular weight is 667 g/mol. The minimum absolute atomic E-state index is 0.134. The van der Waals surface area contributed by atoms with Crippen molar-refractivity contribution < 1.29 is 24.2 Å². The van der Waals surface area contributed by atoms with Crippen LogP contribution in [0.4, 0.5) is 10.6 Å². The lowest BCUT2D eigenvalue weighted by atomic mass is 9.81. The molecule has 2 aliphatic heterocycles. The molecule has 2 aliphatic rings. The Morgan fingerprint density at radius 1 is 1.00 bits per heavy atom. The molecule has 3 aromatic heterocycles. The third-order valence-electron chi connectivity index (χ3n) is 9.04. The van der Waals surface area contributed by atoms with Crippen LogP contribution in [-0.2, 0) is 21.6 Å². The van der Waals surface area contributed by atoms with E-state index in [1.54, 1.807) is 23.2 Å². The summed E-state index contributed by atoms with van der Waals surface area (Å²) >= 11 is 0. The highest BCUT2D eigenvalue weighted by Gasteiger charge is 2.38. The Labute approximate surface area is 287 Å². The quantitative estimate of drug-likeness (QED) is 0.264. The number of anilines is 1. The largest absolute Gasteiger partial charge is 0.444 e. The number of pyridine rings is 3. The second-order valence-electron chi connectivity index (χ2n) is 14.3. The molecule has 0 spiro atoms. The molecule has 49 heavy (non-hydrogen) atoms. The molecule has 1 aromatic carbocycles. The zero-order valence-electron chi connectivity index (χ0n) is 29.2. The number of hydrogen-bond donors (Lipinski definition) is 2. The highest BCUT2D eigenvalue weighted by molar-refractivity contribution is 5.94. The van der Waals surface area contributed by atoms with E-state index in [0.717, 1.165) is 46.8 Å². The second kappa shape index (κ2) is 13.7. The van der Waals surface area contributed by atoms with Crippen LogP contribution < -0.4 is 10.2 Å². The van der Waals surface area contributed by atoms with Crippen LogP contribution in [0.15, 0.2) is 60.8 Å². The number of carbonyl (C=O) groups is 2. The van der Waals surface area contributed by atoms with Gasteiger partial charge >= 0.3 is 6.09 Å². The van der Waals surface area contributed by atoms with Gasteiger partial charge in [0.05, 0.1) is 47.0 Å². The van der Waals surface area contributed by atoms with Gasteiger partial charge in [0.2, 0.25) is 0 Å². The number of nitrogens with zero attached hydrogens (tertiary/aromatic N) is 5. The van der Waals surface area contributed by atoms with Crippen molar-refractivity contribution in [2.24, 2.45) is 0 Å². The Morgan fingerprint density at radius 2 is 1.71 bits per heavy atom. The summed E-state index contributed by atoms with van der Waals surface area (Å²) in [5.74, 6) is 0.629. The standard InChI is InChI=1S/C38H46N6O5/c1-24-10-11-27(18-30(24)38(47)14-16-43(17-15-38)36(46)49-37(4,5)6)35(45)40-21-29-19-33-28(20-39-29)12-13-32(41-33)31-8-7-9-34(42-31)44-22-25(2)48-26(3)23-44/h7-13,18-20,25-26,47H,14-17,21-23H2,1-6H3,(H,40,45)/t25-,26+. The summed E-state index contributed by atoms with van der Waals surface area (Å²) in [4.78, 5) is 44.1. The third-order valence-corrected chi connectivity index (χ3v) is 9.04. The summed E-state index contributed by atoms with van der Waals surface area (Å²) in [5.41, 5.74) is 3.25. The molecule has 2 fully saturated rings. The smallest absolute Gasteiger partial charge is 0.410 e. The maximum atomic E-state index is 13.3. The first-order valence-corrected chi connectivity index (χ1v) is 17.0. The zero-order chi connectivity index (χ0) is 34.9. The molecule has 2 amide bonds. The van der Waals surface area contributed by atoms with Gasteiger partial charge in [-0.2, -0.15) is 0 Å². The number of nitrogens with one attached hydrogen (secondary N) is 1. The average Bonchev–Trinajstić information content (AvgIpc) is 3.06. The molecule has 11 nitrogen and oxygen atoms in total. The number of rotatable bonds is 6. The molecule has 5 heterocycles. The first-order chi connectivity index (χ1) is 23.3. The predicted molar refractivity (Wildman–Crippen MR) is 188 cm³/mol. The number of aromatic nitrogens is 3. The topological polar surface area (TPSA) is 130 Å². The van der Waals surface area contributed by atoms with E-state index in [1.165, 1.54) is 0 Å². The number of benzene rings is 1. The Kier molecular flexibility index (Phi) is 9.59. The van der Waals surface area contributed by atoms with Gasteiger partial charge < -0.3 is 29.7 Å². The Balaban J connectivity index is 1.12. The molecule has 2 atom stereocenters. The van der Waals surface area contributed by atoms with Crippen molar-refractivity contribution in [2.75, 3.05) is 31.1 Å². The lowest BCUT2D eigenvalue weighted by Gasteiger charge is -2.39. The highest BCUT2D eigenvalue weighted by Crippen LogP contribution is 2.36. The molecule has 0 aliphatic carbocycles. The lowest BCUT2D eigenvalue weighted by Crippen LogP contribution is -2.47. The van der Waals surface area contributed by atoms with Gasteiger partial charge in [-0.1, -0.05) is 12.1 Å². The van der Waals surface area contributed by atoms with E-state index in [9.17, 15) is 14.7 Å². The van der Waals surface area contributed by atoms with Crippen LogP contribution >= 0.6 is 0 Å². The summed E-state index contributed by atoms with van der Waals surface area (Å²) in [6, 6.07) is 17.2. The van der Waals surface area contributed by atoms with E-state index in [4.69, 9.17) is 19.4 Å². The van der Waals surface area contributed by atoms with E-state index in [1.807, 2.05) is 70.2 Å². The molecule has 0 unspecified atom stereocenters. The fourth-order valence-electron chi connectivity index (χ4n) is 6.60. The van der Waals surface area contributed by atoms with Crippen molar-refractivity contribution in [1.82, 2.24) is 25.2 Å². The number of aliphatic hydroxyl groups is 1. The van der Waals surface area contributed by atoms with E-state index in [-0.39, 0.29) is 30.8 Å². The van der Waals surface area contributed by atoms with Crippen LogP contribution in [0.1, 0.15) is 74.6 Å². The molecule has 11 heteroatoms. The number of aryl methyl sites for hydroxylation is 1. The summed E-state index contributed by atoms with van der Waals surface area (Å²) in [5, 5.41) is 15.5. The molecule has 6 rings (SSSR count). The van der Waals surface area contributed by atoms with Gasteiger partial charge in [0.15, 0.2) is 0 Å². The maximum absolute atomic E-state index is 13.3. The second-order valence-corrected chi connectivity index (χ2v) is 14.3. The van der Waals surface area contributed by atoms with E-state index in [0.29, 0.717) is 42.8 Å². The van der Waals surface area contributed by atoms with Crippen molar-refractivity contribution in [3.05, 3.63) is 83.2 Å². The molecular formula is C38H46N6O5. The molecule has 0 saturated carbocycles. The first kappa shape index (κ1) is 34.3. The molecule has 258 valence electrons. The van der Waals surface area contributed by atoms with Crippen molar-refractivity contribution in [1.29, 1.82) is 0 Å². The number of ether oxygens (including phenoxy) is 2. The predicted octanol–water partition coefficient (Wildman–Crippen LogP) is 5.76. The van der Waals surface area contributed by atoms with Gasteiger partial charge in [0.1, 0.15) is 11.4 Å². The monoisotopic (exact) mass is 666 g/mol. The number of morpholine rings is 1. The molecule has 4 aromatic rings. The number of carbonyl (C=O) groups excluding carboxylic acids is 2. The van der Waals surface area contributed by atoms with Crippen molar-refractivity contribution in [3.8, 4) is 11.4 Å². The van der Waals surface area contributed by atoms with Gasteiger partial charge in [-0.25, -0.2) is 14.8 Å². The maximum Gasteiger partial charge on any atom is 0.410 e. The molecule has 2 N–H and O–H groups in total. The van der Waals surface area contributed by atoms with Crippen molar-refractivity contribution in [2.45, 2.75) is 84.3 Å². The van der Waals surface area contributed by atoms with Crippen LogP contribution in [0.3, 0.4) is 0 Å². The first-order valence-electron chi connectivity index (χ1n) is 17.0. The fourth-order valence-corrected chi connectivity index (χ4v) is 6.60. The number of amides is 2. The van der Waals surface area contributed by atoms with E-state index in [2.05, 4.69) is 29.0 Å². The molecular weight excluding hydrogens is 620 g/mol. The van der Waals surface area contributed by atoms with Crippen LogP contribution in [0.2, 0.25) is 0 Å². The SMILES string of the molecule is Cc1ccc(C(=O)NCc2cc3nc(-c4cccc(N5C[C@@H](C)O[C@@H](C)C5)n4)ccc3cn2)cc1C1(O)CCN(C(=O)OC(C)(C)C)CC1. The van der Waals surface area contributed by atoms with Crippen LogP contribution in [0.25, 0.3) is 22.3 Å². The number of fused-ring (bicyclic) bond motifs is 1. The zero-order valence-corrected chi connectivity index (χ0v) is 29.2.